The Hall–Kier alpha value is -1.78. The zero-order valence-corrected chi connectivity index (χ0v) is 10.5. The Morgan fingerprint density at radius 1 is 1.44 bits per heavy atom. The van der Waals surface area contributed by atoms with Crippen molar-refractivity contribution in [1.82, 2.24) is 4.90 Å². The molecule has 1 saturated carbocycles. The van der Waals surface area contributed by atoms with Gasteiger partial charge in [-0.25, -0.2) is 4.79 Å². The van der Waals surface area contributed by atoms with Gasteiger partial charge < -0.3 is 14.4 Å². The Kier molecular flexibility index (Phi) is 3.41. The number of furan rings is 1. The molecule has 1 N–H and O–H groups in total. The summed E-state index contributed by atoms with van der Waals surface area (Å²) in [4.78, 5) is 24.8. The van der Waals surface area contributed by atoms with Gasteiger partial charge in [-0.1, -0.05) is 0 Å². The number of carbonyl (C=O) groups excluding carboxylic acids is 1. The first-order valence-electron chi connectivity index (χ1n) is 6.15. The van der Waals surface area contributed by atoms with Crippen molar-refractivity contribution in [2.24, 2.45) is 0 Å². The molecule has 0 unspecified atom stereocenters. The summed E-state index contributed by atoms with van der Waals surface area (Å²) < 4.78 is 5.07. The normalized spacial score (nSPS) is 15.5. The third-order valence-electron chi connectivity index (χ3n) is 3.32. The van der Waals surface area contributed by atoms with E-state index in [4.69, 9.17) is 9.52 Å². The van der Waals surface area contributed by atoms with Gasteiger partial charge in [0.05, 0.1) is 5.56 Å². The van der Waals surface area contributed by atoms with E-state index in [1.165, 1.54) is 6.07 Å². The van der Waals surface area contributed by atoms with Crippen molar-refractivity contribution in [2.45, 2.75) is 45.2 Å². The number of nitrogens with zero attached hydrogens (tertiary/aromatic N) is 1. The molecular weight excluding hydrogens is 234 g/mol. The number of carbonyl (C=O) groups is 2. The van der Waals surface area contributed by atoms with E-state index < -0.39 is 5.97 Å². The third kappa shape index (κ3) is 2.25. The smallest absolute Gasteiger partial charge is 0.338 e. The molecule has 0 radical (unpaired) electrons. The highest BCUT2D eigenvalue weighted by molar-refractivity contribution is 5.95. The van der Waals surface area contributed by atoms with Crippen molar-refractivity contribution in [2.75, 3.05) is 0 Å². The first-order valence-corrected chi connectivity index (χ1v) is 6.15. The molecule has 0 spiro atoms. The van der Waals surface area contributed by atoms with Gasteiger partial charge in [0.1, 0.15) is 6.26 Å². The summed E-state index contributed by atoms with van der Waals surface area (Å²) in [6.45, 7) is 3.91. The quantitative estimate of drug-likeness (QED) is 0.891. The lowest BCUT2D eigenvalue weighted by atomic mass is 9.90. The number of amides is 1. The summed E-state index contributed by atoms with van der Waals surface area (Å²) in [5, 5.41) is 8.81. The molecule has 1 aromatic rings. The van der Waals surface area contributed by atoms with E-state index in [0.29, 0.717) is 0 Å². The van der Waals surface area contributed by atoms with Gasteiger partial charge in [0.2, 0.25) is 0 Å². The molecule has 18 heavy (non-hydrogen) atoms. The zero-order valence-electron chi connectivity index (χ0n) is 10.5. The van der Waals surface area contributed by atoms with Gasteiger partial charge in [-0.05, 0) is 33.1 Å². The van der Waals surface area contributed by atoms with E-state index in [1.54, 1.807) is 4.90 Å². The molecule has 2 rings (SSSR count). The highest BCUT2D eigenvalue weighted by Gasteiger charge is 2.32. The fourth-order valence-electron chi connectivity index (χ4n) is 2.17. The predicted octanol–water partition coefficient (Wildman–Crippen LogP) is 2.38. The molecule has 1 fully saturated rings. The van der Waals surface area contributed by atoms with Crippen LogP contribution in [-0.2, 0) is 0 Å². The van der Waals surface area contributed by atoms with Gasteiger partial charge >= 0.3 is 5.97 Å². The van der Waals surface area contributed by atoms with Crippen LogP contribution >= 0.6 is 0 Å². The number of hydrogen-bond donors (Lipinski definition) is 1. The average Bonchev–Trinajstić information content (AvgIpc) is 2.70. The zero-order chi connectivity index (χ0) is 13.3. The maximum absolute atomic E-state index is 12.3. The van der Waals surface area contributed by atoms with Crippen LogP contribution in [0, 0.1) is 0 Å². The summed E-state index contributed by atoms with van der Waals surface area (Å²) in [7, 11) is 0. The summed E-state index contributed by atoms with van der Waals surface area (Å²) in [6, 6.07) is 1.63. The van der Waals surface area contributed by atoms with E-state index >= 15 is 0 Å². The van der Waals surface area contributed by atoms with E-state index in [-0.39, 0.29) is 29.3 Å². The second-order valence-electron chi connectivity index (χ2n) is 4.90. The predicted molar refractivity (Wildman–Crippen MR) is 64.6 cm³/mol. The van der Waals surface area contributed by atoms with Gasteiger partial charge in [-0.2, -0.15) is 0 Å². The standard InChI is InChI=1S/C13H17NO4/c1-8(2)14(10-4-3-5-10)12(15)11-6-9(7-18-11)13(16)17/h6-8,10H,3-5H2,1-2H3,(H,16,17). The molecule has 1 heterocycles. The van der Waals surface area contributed by atoms with Crippen LogP contribution in [-0.4, -0.2) is 34.0 Å². The molecule has 5 nitrogen and oxygen atoms in total. The largest absolute Gasteiger partial charge is 0.478 e. The Labute approximate surface area is 105 Å². The highest BCUT2D eigenvalue weighted by Crippen LogP contribution is 2.28. The molecule has 0 saturated heterocycles. The molecule has 0 aromatic carbocycles. The van der Waals surface area contributed by atoms with Gasteiger partial charge in [0, 0.05) is 18.2 Å². The molecule has 5 heteroatoms. The van der Waals surface area contributed by atoms with Crippen molar-refractivity contribution in [3.63, 3.8) is 0 Å². The van der Waals surface area contributed by atoms with Crippen LogP contribution in [0.2, 0.25) is 0 Å². The lowest BCUT2D eigenvalue weighted by Crippen LogP contribution is -2.48. The third-order valence-corrected chi connectivity index (χ3v) is 3.32. The monoisotopic (exact) mass is 251 g/mol. The van der Waals surface area contributed by atoms with E-state index in [0.717, 1.165) is 25.5 Å². The van der Waals surface area contributed by atoms with Crippen LogP contribution in [0.3, 0.4) is 0 Å². The summed E-state index contributed by atoms with van der Waals surface area (Å²) in [5.41, 5.74) is 0.00988. The Morgan fingerprint density at radius 3 is 2.50 bits per heavy atom. The molecule has 1 aliphatic carbocycles. The topological polar surface area (TPSA) is 70.8 Å². The number of hydrogen-bond acceptors (Lipinski definition) is 3. The summed E-state index contributed by atoms with van der Waals surface area (Å²) in [6.07, 6.45) is 4.27. The lowest BCUT2D eigenvalue weighted by Gasteiger charge is -2.39. The van der Waals surface area contributed by atoms with Crippen molar-refractivity contribution >= 4 is 11.9 Å². The fourth-order valence-corrected chi connectivity index (χ4v) is 2.17. The SMILES string of the molecule is CC(C)N(C(=O)c1cc(C(=O)O)co1)C1CCC1. The van der Waals surface area contributed by atoms with Gasteiger partial charge in [-0.15, -0.1) is 0 Å². The molecule has 1 aromatic heterocycles. The number of carboxylic acid groups (broad SMARTS) is 1. The van der Waals surface area contributed by atoms with Gasteiger partial charge in [0.25, 0.3) is 5.91 Å². The van der Waals surface area contributed by atoms with Crippen molar-refractivity contribution < 1.29 is 19.1 Å². The van der Waals surface area contributed by atoms with Crippen LogP contribution in [0.15, 0.2) is 16.7 Å². The summed E-state index contributed by atoms with van der Waals surface area (Å²) in [5.74, 6) is -1.20. The minimum absolute atomic E-state index is 0.00988. The molecule has 98 valence electrons. The molecule has 0 bridgehead atoms. The van der Waals surface area contributed by atoms with E-state index in [1.807, 2.05) is 13.8 Å². The fraction of sp³-hybridized carbons (Fsp3) is 0.538. The lowest BCUT2D eigenvalue weighted by molar-refractivity contribution is 0.0457. The van der Waals surface area contributed by atoms with Crippen LogP contribution in [0.5, 0.6) is 0 Å². The van der Waals surface area contributed by atoms with Crippen molar-refractivity contribution in [3.8, 4) is 0 Å². The number of carboxylic acids is 1. The number of aromatic carboxylic acids is 1. The first-order chi connectivity index (χ1) is 8.50. The summed E-state index contributed by atoms with van der Waals surface area (Å²) >= 11 is 0. The molecule has 1 amide bonds. The molecule has 0 atom stereocenters. The van der Waals surface area contributed by atoms with Gasteiger partial charge in [-0.3, -0.25) is 4.79 Å². The average molecular weight is 251 g/mol. The maximum atomic E-state index is 12.3. The molecule has 1 aliphatic rings. The molecular formula is C13H17NO4. The first kappa shape index (κ1) is 12.7. The van der Waals surface area contributed by atoms with Crippen LogP contribution in [0.1, 0.15) is 54.0 Å². The van der Waals surface area contributed by atoms with Crippen LogP contribution in [0.25, 0.3) is 0 Å². The second kappa shape index (κ2) is 4.84. The molecule has 0 aliphatic heterocycles. The Balaban J connectivity index is 2.19. The Bertz CT molecular complexity index is 459. The van der Waals surface area contributed by atoms with E-state index in [9.17, 15) is 9.59 Å². The maximum Gasteiger partial charge on any atom is 0.338 e. The van der Waals surface area contributed by atoms with Crippen molar-refractivity contribution in [1.29, 1.82) is 0 Å². The van der Waals surface area contributed by atoms with Crippen LogP contribution in [0.4, 0.5) is 0 Å². The van der Waals surface area contributed by atoms with Gasteiger partial charge in [0.15, 0.2) is 5.76 Å². The van der Waals surface area contributed by atoms with Crippen LogP contribution < -0.4 is 0 Å². The Morgan fingerprint density at radius 2 is 2.11 bits per heavy atom. The highest BCUT2D eigenvalue weighted by atomic mass is 16.4. The second-order valence-corrected chi connectivity index (χ2v) is 4.90. The van der Waals surface area contributed by atoms with E-state index in [2.05, 4.69) is 0 Å². The minimum atomic E-state index is -1.09. The number of rotatable bonds is 4. The minimum Gasteiger partial charge on any atom is -0.478 e. The van der Waals surface area contributed by atoms with Crippen molar-refractivity contribution in [3.05, 3.63) is 23.7 Å².